The normalized spacial score (nSPS) is 13.3. The number of allylic oxidation sites excluding steroid dienone is 26. The highest BCUT2D eigenvalue weighted by Gasteiger charge is 2.19. The lowest BCUT2D eigenvalue weighted by molar-refractivity contribution is -0.166. The Morgan fingerprint density at radius 3 is 0.958 bits per heavy atom. The third kappa shape index (κ3) is 55.8. The molecule has 0 amide bonds. The van der Waals surface area contributed by atoms with Gasteiger partial charge in [0.05, 0.1) is 0 Å². The summed E-state index contributed by atoms with van der Waals surface area (Å²) in [6.45, 7) is 6.26. The summed E-state index contributed by atoms with van der Waals surface area (Å²) >= 11 is 0. The van der Waals surface area contributed by atoms with Gasteiger partial charge >= 0.3 is 17.9 Å². The molecule has 0 aliphatic rings. The van der Waals surface area contributed by atoms with Gasteiger partial charge in [-0.15, -0.1) is 0 Å². The van der Waals surface area contributed by atoms with Gasteiger partial charge in [0.25, 0.3) is 0 Å². The summed E-state index contributed by atoms with van der Waals surface area (Å²) in [7, 11) is 0. The summed E-state index contributed by atoms with van der Waals surface area (Å²) < 4.78 is 16.7. The minimum absolute atomic E-state index is 0.133. The minimum Gasteiger partial charge on any atom is -0.462 e. The molecule has 0 fully saturated rings. The first-order valence-electron chi connectivity index (χ1n) is 28.0. The molecule has 0 spiro atoms. The zero-order chi connectivity index (χ0) is 51.4. The summed E-state index contributed by atoms with van der Waals surface area (Å²) in [5.74, 6) is -1.07. The Balaban J connectivity index is 4.61. The van der Waals surface area contributed by atoms with Gasteiger partial charge in [-0.1, -0.05) is 217 Å². The van der Waals surface area contributed by atoms with Crippen molar-refractivity contribution in [1.82, 2.24) is 0 Å². The molecule has 0 rings (SSSR count). The second-order valence-corrected chi connectivity index (χ2v) is 17.7. The average molecular weight is 978 g/mol. The van der Waals surface area contributed by atoms with E-state index in [9.17, 15) is 14.4 Å². The first-order chi connectivity index (χ1) is 35.0. The van der Waals surface area contributed by atoms with Crippen LogP contribution in [0.2, 0.25) is 0 Å². The van der Waals surface area contributed by atoms with Crippen molar-refractivity contribution in [3.05, 3.63) is 158 Å². The Labute approximate surface area is 435 Å². The molecule has 0 N–H and O–H groups in total. The number of rotatable bonds is 48. The first-order valence-corrected chi connectivity index (χ1v) is 28.0. The molecule has 71 heavy (non-hydrogen) atoms. The molecule has 6 heteroatoms. The van der Waals surface area contributed by atoms with Crippen molar-refractivity contribution in [3.8, 4) is 0 Å². The van der Waals surface area contributed by atoms with Crippen molar-refractivity contribution in [2.75, 3.05) is 13.2 Å². The van der Waals surface area contributed by atoms with Crippen LogP contribution in [0, 0.1) is 0 Å². The van der Waals surface area contributed by atoms with E-state index in [1.165, 1.54) is 25.7 Å². The van der Waals surface area contributed by atoms with Crippen LogP contribution in [0.4, 0.5) is 0 Å². The van der Waals surface area contributed by atoms with Crippen LogP contribution in [0.15, 0.2) is 158 Å². The molecular formula is C65H100O6. The highest BCUT2D eigenvalue weighted by Crippen LogP contribution is 2.12. The van der Waals surface area contributed by atoms with Gasteiger partial charge in [-0.25, -0.2) is 0 Å². The highest BCUT2D eigenvalue weighted by atomic mass is 16.6. The lowest BCUT2D eigenvalue weighted by Crippen LogP contribution is -2.30. The molecule has 0 saturated heterocycles. The van der Waals surface area contributed by atoms with E-state index in [0.717, 1.165) is 141 Å². The van der Waals surface area contributed by atoms with Crippen LogP contribution < -0.4 is 0 Å². The van der Waals surface area contributed by atoms with Crippen molar-refractivity contribution in [2.45, 2.75) is 219 Å². The standard InChI is InChI=1S/C65H100O6/c1-4-7-10-13-16-19-22-25-28-30-32-34-37-39-42-45-48-51-54-57-63(66)69-60-62(71-65(68)59-56-53-50-47-44-41-36-27-24-21-18-15-12-9-6-3)61-70-64(67)58-55-52-49-46-43-40-38-35-33-31-29-26-23-20-17-14-11-8-5-2/h7,9-10,12,16-21,25-29,32-36,39-40,42-43,48,51,62H,4-6,8,11,13-15,22-24,30-31,37-38,41,44-47,49-50,52-61H2,1-3H3/b10-7-,12-9-,19-16-,20-17-,21-18-,28-25-,29-26-,34-32-,35-33-,36-27-,42-39-,43-40-,51-48-/t62-/m1/s1. The van der Waals surface area contributed by atoms with Crippen molar-refractivity contribution in [3.63, 3.8) is 0 Å². The van der Waals surface area contributed by atoms with E-state index >= 15 is 0 Å². The fourth-order valence-electron chi connectivity index (χ4n) is 6.88. The molecule has 0 aromatic carbocycles. The number of esters is 3. The zero-order valence-electron chi connectivity index (χ0n) is 45.2. The van der Waals surface area contributed by atoms with Crippen molar-refractivity contribution in [1.29, 1.82) is 0 Å². The van der Waals surface area contributed by atoms with Gasteiger partial charge in [0.15, 0.2) is 6.10 Å². The number of hydrogen-bond acceptors (Lipinski definition) is 6. The molecule has 0 aromatic heterocycles. The third-order valence-corrected chi connectivity index (χ3v) is 11.0. The van der Waals surface area contributed by atoms with E-state index in [1.807, 2.05) is 12.2 Å². The van der Waals surface area contributed by atoms with E-state index < -0.39 is 6.10 Å². The van der Waals surface area contributed by atoms with Gasteiger partial charge in [0, 0.05) is 19.3 Å². The van der Waals surface area contributed by atoms with Crippen LogP contribution in [0.3, 0.4) is 0 Å². The van der Waals surface area contributed by atoms with Gasteiger partial charge in [0.1, 0.15) is 13.2 Å². The quantitative estimate of drug-likeness (QED) is 0.0262. The molecule has 396 valence electrons. The molecule has 0 bridgehead atoms. The molecule has 0 radical (unpaired) electrons. The average Bonchev–Trinajstić information content (AvgIpc) is 3.37. The fraction of sp³-hybridized carbons (Fsp3) is 0.554. The van der Waals surface area contributed by atoms with E-state index in [1.54, 1.807) is 0 Å². The summed E-state index contributed by atoms with van der Waals surface area (Å²) in [5.41, 5.74) is 0. The largest absolute Gasteiger partial charge is 0.462 e. The number of unbranched alkanes of at least 4 members (excludes halogenated alkanes) is 11. The fourth-order valence-corrected chi connectivity index (χ4v) is 6.88. The van der Waals surface area contributed by atoms with Gasteiger partial charge in [-0.3, -0.25) is 14.4 Å². The lowest BCUT2D eigenvalue weighted by atomic mass is 10.1. The number of carbonyl (C=O) groups is 3. The molecule has 0 saturated carbocycles. The number of hydrogen-bond donors (Lipinski definition) is 0. The van der Waals surface area contributed by atoms with Crippen LogP contribution in [0.25, 0.3) is 0 Å². The molecule has 6 nitrogen and oxygen atoms in total. The zero-order valence-corrected chi connectivity index (χ0v) is 45.2. The van der Waals surface area contributed by atoms with E-state index in [2.05, 4.69) is 167 Å². The van der Waals surface area contributed by atoms with Gasteiger partial charge < -0.3 is 14.2 Å². The van der Waals surface area contributed by atoms with Crippen LogP contribution in [-0.4, -0.2) is 37.2 Å². The number of carbonyl (C=O) groups excluding carboxylic acids is 3. The predicted octanol–water partition coefficient (Wildman–Crippen LogP) is 19.0. The molecule has 0 aliphatic carbocycles. The Morgan fingerprint density at radius 2 is 0.577 bits per heavy atom. The maximum Gasteiger partial charge on any atom is 0.306 e. The van der Waals surface area contributed by atoms with E-state index in [0.29, 0.717) is 12.8 Å². The second-order valence-electron chi connectivity index (χ2n) is 17.7. The molecule has 1 atom stereocenters. The third-order valence-electron chi connectivity index (χ3n) is 11.0. The summed E-state index contributed by atoms with van der Waals surface area (Å²) in [6.07, 6.45) is 83.8. The lowest BCUT2D eigenvalue weighted by Gasteiger charge is -2.18. The predicted molar refractivity (Wildman–Crippen MR) is 306 cm³/mol. The Morgan fingerprint density at radius 1 is 0.296 bits per heavy atom. The van der Waals surface area contributed by atoms with Gasteiger partial charge in [-0.05, 0) is 135 Å². The van der Waals surface area contributed by atoms with Crippen LogP contribution in [0.5, 0.6) is 0 Å². The Bertz CT molecular complexity index is 1640. The van der Waals surface area contributed by atoms with Gasteiger partial charge in [-0.2, -0.15) is 0 Å². The topological polar surface area (TPSA) is 78.9 Å². The molecular weight excluding hydrogens is 877 g/mol. The SMILES string of the molecule is CC/C=C\C/C=C\C/C=C\C/C=C\C/C=C\C/C=C\CCC(=O)OC[C@H](COC(=O)CCCCC/C=C\C/C=C\C/C=C\C/C=C\CCCCC)OC(=O)CCCCCCC/C=C\C/C=C\C/C=C\CC. The summed E-state index contributed by atoms with van der Waals surface area (Å²) in [5, 5.41) is 0. The maximum atomic E-state index is 12.8. The number of ether oxygens (including phenoxy) is 3. The smallest absolute Gasteiger partial charge is 0.306 e. The van der Waals surface area contributed by atoms with Crippen LogP contribution in [-0.2, 0) is 28.6 Å². The monoisotopic (exact) mass is 977 g/mol. The summed E-state index contributed by atoms with van der Waals surface area (Å²) in [6, 6.07) is 0. The van der Waals surface area contributed by atoms with Crippen molar-refractivity contribution >= 4 is 17.9 Å². The van der Waals surface area contributed by atoms with Crippen LogP contribution >= 0.6 is 0 Å². The second kappa shape index (κ2) is 57.6. The molecule has 0 unspecified atom stereocenters. The molecule has 0 heterocycles. The van der Waals surface area contributed by atoms with E-state index in [4.69, 9.17) is 14.2 Å². The molecule has 0 aliphatic heterocycles. The minimum atomic E-state index is -0.840. The van der Waals surface area contributed by atoms with E-state index in [-0.39, 0.29) is 44.0 Å². The van der Waals surface area contributed by atoms with Crippen molar-refractivity contribution in [2.24, 2.45) is 0 Å². The Hall–Kier alpha value is -4.97. The Kier molecular flexibility index (Phi) is 53.6. The summed E-state index contributed by atoms with van der Waals surface area (Å²) in [4.78, 5) is 38.1. The highest BCUT2D eigenvalue weighted by molar-refractivity contribution is 5.71. The van der Waals surface area contributed by atoms with Gasteiger partial charge in [0.2, 0.25) is 0 Å². The van der Waals surface area contributed by atoms with Crippen LogP contribution in [0.1, 0.15) is 213 Å². The maximum absolute atomic E-state index is 12.8. The first kappa shape index (κ1) is 66.0. The molecule has 0 aromatic rings. The van der Waals surface area contributed by atoms with Crippen molar-refractivity contribution < 1.29 is 28.6 Å².